The molecule has 25 heavy (non-hydrogen) atoms. The van der Waals surface area contributed by atoms with Crippen LogP contribution in [0.3, 0.4) is 0 Å². The van der Waals surface area contributed by atoms with Crippen molar-refractivity contribution in [3.63, 3.8) is 0 Å². The Bertz CT molecular complexity index is 747. The molecule has 0 aromatic heterocycles. The molecule has 3 unspecified atom stereocenters. The van der Waals surface area contributed by atoms with Gasteiger partial charge in [-0.25, -0.2) is 4.79 Å². The van der Waals surface area contributed by atoms with Gasteiger partial charge in [0.05, 0.1) is 12.6 Å². The molecule has 1 heterocycles. The second kappa shape index (κ2) is 7.74. The van der Waals surface area contributed by atoms with Crippen molar-refractivity contribution in [2.24, 2.45) is 5.92 Å². The first kappa shape index (κ1) is 17.5. The minimum atomic E-state index is -0.209. The first-order valence-corrected chi connectivity index (χ1v) is 8.92. The normalized spacial score (nSPS) is 19.2. The van der Waals surface area contributed by atoms with Crippen molar-refractivity contribution >= 4 is 16.8 Å². The van der Waals surface area contributed by atoms with Crippen molar-refractivity contribution in [3.8, 4) is 5.75 Å². The highest BCUT2D eigenvalue weighted by atomic mass is 16.5. The minimum absolute atomic E-state index is 0.0134. The molecule has 2 aromatic rings. The summed E-state index contributed by atoms with van der Waals surface area (Å²) in [6.45, 7) is 4.51. The lowest BCUT2D eigenvalue weighted by atomic mass is 9.98. The molecule has 5 nitrogen and oxygen atoms in total. The SMILES string of the molecule is CC(CO)C(C)NC(=O)NC1CCCOc2c1ccc1ccccc21. The van der Waals surface area contributed by atoms with E-state index in [1.807, 2.05) is 32.0 Å². The third-order valence-corrected chi connectivity index (χ3v) is 4.97. The third-order valence-electron chi connectivity index (χ3n) is 4.97. The Labute approximate surface area is 148 Å². The monoisotopic (exact) mass is 342 g/mol. The molecule has 0 saturated carbocycles. The molecule has 0 radical (unpaired) electrons. The number of hydrogen-bond acceptors (Lipinski definition) is 3. The molecule has 0 bridgehead atoms. The molecule has 2 aromatic carbocycles. The van der Waals surface area contributed by atoms with Crippen molar-refractivity contribution in [2.75, 3.05) is 13.2 Å². The van der Waals surface area contributed by atoms with E-state index in [0.717, 1.165) is 34.9 Å². The number of carbonyl (C=O) groups is 1. The highest BCUT2D eigenvalue weighted by molar-refractivity contribution is 5.90. The summed E-state index contributed by atoms with van der Waals surface area (Å²) < 4.78 is 6.01. The summed E-state index contributed by atoms with van der Waals surface area (Å²) in [7, 11) is 0. The van der Waals surface area contributed by atoms with E-state index in [2.05, 4.69) is 28.8 Å². The van der Waals surface area contributed by atoms with Gasteiger partial charge in [-0.3, -0.25) is 0 Å². The van der Waals surface area contributed by atoms with Crippen LogP contribution in [0.2, 0.25) is 0 Å². The van der Waals surface area contributed by atoms with Crippen LogP contribution in [0.4, 0.5) is 4.79 Å². The number of amides is 2. The van der Waals surface area contributed by atoms with Crippen LogP contribution < -0.4 is 15.4 Å². The number of fused-ring (bicyclic) bond motifs is 3. The van der Waals surface area contributed by atoms with Crippen molar-refractivity contribution in [3.05, 3.63) is 42.0 Å². The van der Waals surface area contributed by atoms with Gasteiger partial charge in [-0.2, -0.15) is 0 Å². The quantitative estimate of drug-likeness (QED) is 0.798. The van der Waals surface area contributed by atoms with E-state index in [1.165, 1.54) is 0 Å². The lowest BCUT2D eigenvalue weighted by molar-refractivity contribution is 0.198. The first-order chi connectivity index (χ1) is 12.1. The predicted molar refractivity (Wildman–Crippen MR) is 98.8 cm³/mol. The smallest absolute Gasteiger partial charge is 0.315 e. The van der Waals surface area contributed by atoms with E-state index >= 15 is 0 Å². The lowest BCUT2D eigenvalue weighted by Crippen LogP contribution is -2.45. The maximum Gasteiger partial charge on any atom is 0.315 e. The zero-order chi connectivity index (χ0) is 17.8. The fourth-order valence-corrected chi connectivity index (χ4v) is 3.17. The summed E-state index contributed by atoms with van der Waals surface area (Å²) in [5.41, 5.74) is 1.02. The number of rotatable bonds is 4. The van der Waals surface area contributed by atoms with Gasteiger partial charge in [0.15, 0.2) is 0 Å². The average molecular weight is 342 g/mol. The van der Waals surface area contributed by atoms with Crippen LogP contribution in [0, 0.1) is 5.92 Å². The zero-order valence-electron chi connectivity index (χ0n) is 14.8. The number of urea groups is 1. The summed E-state index contributed by atoms with van der Waals surface area (Å²) in [4.78, 5) is 12.4. The number of hydrogen-bond donors (Lipinski definition) is 3. The van der Waals surface area contributed by atoms with Gasteiger partial charge in [-0.15, -0.1) is 0 Å². The third kappa shape index (κ3) is 3.87. The summed E-state index contributed by atoms with van der Waals surface area (Å²) in [5.74, 6) is 0.886. The van der Waals surface area contributed by atoms with Gasteiger partial charge in [0.1, 0.15) is 5.75 Å². The van der Waals surface area contributed by atoms with E-state index in [1.54, 1.807) is 0 Å². The number of aliphatic hydroxyl groups is 1. The number of ether oxygens (including phenoxy) is 1. The Balaban J connectivity index is 1.82. The van der Waals surface area contributed by atoms with Crippen LogP contribution >= 0.6 is 0 Å². The second-order valence-corrected chi connectivity index (χ2v) is 6.81. The molecular weight excluding hydrogens is 316 g/mol. The van der Waals surface area contributed by atoms with E-state index in [4.69, 9.17) is 4.74 Å². The van der Waals surface area contributed by atoms with Crippen molar-refractivity contribution in [1.82, 2.24) is 10.6 Å². The Kier molecular flexibility index (Phi) is 5.43. The Morgan fingerprint density at radius 2 is 2.08 bits per heavy atom. The number of nitrogens with one attached hydrogen (secondary N) is 2. The van der Waals surface area contributed by atoms with Gasteiger partial charge >= 0.3 is 6.03 Å². The number of aliphatic hydroxyl groups excluding tert-OH is 1. The van der Waals surface area contributed by atoms with E-state index in [0.29, 0.717) is 6.61 Å². The Morgan fingerprint density at radius 1 is 1.28 bits per heavy atom. The van der Waals surface area contributed by atoms with Gasteiger partial charge < -0.3 is 20.5 Å². The highest BCUT2D eigenvalue weighted by Crippen LogP contribution is 2.37. The summed E-state index contributed by atoms with van der Waals surface area (Å²) in [5, 5.41) is 17.4. The first-order valence-electron chi connectivity index (χ1n) is 8.92. The molecule has 0 aliphatic carbocycles. The predicted octanol–water partition coefficient (Wildman–Crippen LogP) is 3.37. The lowest BCUT2D eigenvalue weighted by Gasteiger charge is -2.23. The fraction of sp³-hybridized carbons (Fsp3) is 0.450. The van der Waals surface area contributed by atoms with Gasteiger partial charge in [-0.05, 0) is 31.1 Å². The van der Waals surface area contributed by atoms with Crippen molar-refractivity contribution in [2.45, 2.75) is 38.8 Å². The van der Waals surface area contributed by atoms with Crippen LogP contribution in [-0.2, 0) is 0 Å². The summed E-state index contributed by atoms with van der Waals surface area (Å²) >= 11 is 0. The largest absolute Gasteiger partial charge is 0.493 e. The van der Waals surface area contributed by atoms with Gasteiger partial charge in [0.25, 0.3) is 0 Å². The zero-order valence-corrected chi connectivity index (χ0v) is 14.8. The van der Waals surface area contributed by atoms with Gasteiger partial charge in [0.2, 0.25) is 0 Å². The van der Waals surface area contributed by atoms with Crippen LogP contribution in [-0.4, -0.2) is 30.4 Å². The fourth-order valence-electron chi connectivity index (χ4n) is 3.17. The van der Waals surface area contributed by atoms with Crippen LogP contribution in [0.1, 0.15) is 38.3 Å². The molecular formula is C20H26N2O3. The molecule has 3 N–H and O–H groups in total. The molecule has 0 fully saturated rings. The Morgan fingerprint density at radius 3 is 2.88 bits per heavy atom. The second-order valence-electron chi connectivity index (χ2n) is 6.81. The standard InChI is InChI=1S/C20H26N2O3/c1-13(12-23)14(2)21-20(24)22-18-8-5-11-25-19-16-7-4-3-6-15(16)9-10-17(18)19/h3-4,6-7,9-10,13-14,18,23H,5,8,11-12H2,1-2H3,(H2,21,22,24). The van der Waals surface area contributed by atoms with Crippen molar-refractivity contribution < 1.29 is 14.6 Å². The maximum atomic E-state index is 12.4. The Hall–Kier alpha value is -2.27. The van der Waals surface area contributed by atoms with E-state index < -0.39 is 0 Å². The summed E-state index contributed by atoms with van der Waals surface area (Å²) in [6.07, 6.45) is 1.72. The molecule has 3 atom stereocenters. The minimum Gasteiger partial charge on any atom is -0.493 e. The molecule has 0 spiro atoms. The topological polar surface area (TPSA) is 70.6 Å². The van der Waals surface area contributed by atoms with E-state index in [9.17, 15) is 9.90 Å². The molecule has 2 amide bonds. The number of benzene rings is 2. The molecule has 134 valence electrons. The molecule has 3 rings (SSSR count). The van der Waals surface area contributed by atoms with Crippen molar-refractivity contribution in [1.29, 1.82) is 0 Å². The molecule has 1 aliphatic rings. The molecule has 5 heteroatoms. The van der Waals surface area contributed by atoms with Gasteiger partial charge in [-0.1, -0.05) is 43.3 Å². The molecule has 1 aliphatic heterocycles. The van der Waals surface area contributed by atoms with Crippen LogP contribution in [0.5, 0.6) is 5.75 Å². The highest BCUT2D eigenvalue weighted by Gasteiger charge is 2.24. The van der Waals surface area contributed by atoms with Gasteiger partial charge in [0, 0.05) is 23.6 Å². The molecule has 0 saturated heterocycles. The number of carbonyl (C=O) groups excluding carboxylic acids is 1. The maximum absolute atomic E-state index is 12.4. The van der Waals surface area contributed by atoms with Crippen LogP contribution in [0.15, 0.2) is 36.4 Å². The van der Waals surface area contributed by atoms with E-state index in [-0.39, 0.29) is 30.6 Å². The van der Waals surface area contributed by atoms with Crippen LogP contribution in [0.25, 0.3) is 10.8 Å². The summed E-state index contributed by atoms with van der Waals surface area (Å²) in [6, 6.07) is 11.9. The average Bonchev–Trinajstić information content (AvgIpc) is 2.83.